The van der Waals surface area contributed by atoms with E-state index in [0.717, 1.165) is 38.4 Å². The molecule has 0 radical (unpaired) electrons. The van der Waals surface area contributed by atoms with Crippen molar-refractivity contribution in [2.45, 2.75) is 6.54 Å². The maximum absolute atomic E-state index is 8.72. The van der Waals surface area contributed by atoms with Crippen molar-refractivity contribution in [3.05, 3.63) is 29.8 Å². The van der Waals surface area contributed by atoms with Crippen molar-refractivity contribution >= 4 is 7.32 Å². The molecule has 1 heterocycles. The van der Waals surface area contributed by atoms with E-state index in [9.17, 15) is 0 Å². The summed E-state index contributed by atoms with van der Waals surface area (Å²) in [7, 11) is -1.77. The quantitative estimate of drug-likeness (QED) is 0.714. The second kappa shape index (κ2) is 6.02. The largest absolute Gasteiger partial charge is 0.707 e. The highest BCUT2D eigenvalue weighted by molar-refractivity contribution is 6.33. The minimum Gasteiger partial charge on any atom is -0.512 e. The molecule has 0 bridgehead atoms. The van der Waals surface area contributed by atoms with Crippen LogP contribution in [0.3, 0.4) is 0 Å². The van der Waals surface area contributed by atoms with Crippen LogP contribution in [0, 0.1) is 0 Å². The lowest BCUT2D eigenvalue weighted by atomic mass is 10.1. The summed E-state index contributed by atoms with van der Waals surface area (Å²) in [5.74, 6) is 0.464. The van der Waals surface area contributed by atoms with Gasteiger partial charge in [0.25, 0.3) is 0 Å². The Morgan fingerprint density at radius 1 is 1.29 bits per heavy atom. The van der Waals surface area contributed by atoms with E-state index in [1.54, 1.807) is 6.07 Å². The molecule has 1 aromatic carbocycles. The summed E-state index contributed by atoms with van der Waals surface area (Å²) in [5, 5.41) is 17.4. The zero-order chi connectivity index (χ0) is 12.1. The first kappa shape index (κ1) is 12.4. The average molecular weight is 237 g/mol. The van der Waals surface area contributed by atoms with Crippen LogP contribution in [0.2, 0.25) is 0 Å². The number of rotatable bonds is 4. The van der Waals surface area contributed by atoms with Crippen LogP contribution in [0.15, 0.2) is 24.3 Å². The van der Waals surface area contributed by atoms with Gasteiger partial charge >= 0.3 is 7.32 Å². The fourth-order valence-electron chi connectivity index (χ4n) is 1.86. The molecule has 5 nitrogen and oxygen atoms in total. The number of benzene rings is 1. The Labute approximate surface area is 101 Å². The summed E-state index contributed by atoms with van der Waals surface area (Å²) in [6.07, 6.45) is 0. The van der Waals surface area contributed by atoms with Gasteiger partial charge in [-0.1, -0.05) is 12.1 Å². The van der Waals surface area contributed by atoms with Gasteiger partial charge in [0.15, 0.2) is 0 Å². The van der Waals surface area contributed by atoms with E-state index in [0.29, 0.717) is 5.75 Å². The van der Waals surface area contributed by atoms with Gasteiger partial charge in [-0.05, 0) is 17.7 Å². The molecular formula is C11H16BNO4. The summed E-state index contributed by atoms with van der Waals surface area (Å²) in [6.45, 7) is 4.21. The van der Waals surface area contributed by atoms with Crippen molar-refractivity contribution in [3.8, 4) is 5.75 Å². The van der Waals surface area contributed by atoms with Crippen molar-refractivity contribution in [3.63, 3.8) is 0 Å². The average Bonchev–Trinajstić information content (AvgIpc) is 2.30. The van der Waals surface area contributed by atoms with E-state index in [1.165, 1.54) is 0 Å². The van der Waals surface area contributed by atoms with Gasteiger partial charge in [-0.2, -0.15) is 0 Å². The molecule has 0 atom stereocenters. The molecule has 1 aliphatic rings. The normalized spacial score (nSPS) is 16.8. The number of nitrogens with zero attached hydrogens (tertiary/aromatic N) is 1. The lowest BCUT2D eigenvalue weighted by Crippen LogP contribution is -2.35. The van der Waals surface area contributed by atoms with Crippen LogP contribution < -0.4 is 4.65 Å². The second-order valence-corrected chi connectivity index (χ2v) is 3.98. The van der Waals surface area contributed by atoms with Crippen molar-refractivity contribution in [2.75, 3.05) is 26.3 Å². The number of ether oxygens (including phenoxy) is 1. The van der Waals surface area contributed by atoms with Gasteiger partial charge in [0.1, 0.15) is 5.75 Å². The van der Waals surface area contributed by atoms with Crippen LogP contribution in [0.4, 0.5) is 0 Å². The van der Waals surface area contributed by atoms with Crippen LogP contribution in [0.5, 0.6) is 5.75 Å². The Morgan fingerprint density at radius 3 is 2.76 bits per heavy atom. The van der Waals surface area contributed by atoms with E-state index in [2.05, 4.69) is 4.90 Å². The summed E-state index contributed by atoms with van der Waals surface area (Å²) in [5.41, 5.74) is 1.09. The molecule has 1 saturated heterocycles. The first-order valence-corrected chi connectivity index (χ1v) is 5.66. The van der Waals surface area contributed by atoms with Crippen LogP contribution in [0.1, 0.15) is 5.56 Å². The van der Waals surface area contributed by atoms with Gasteiger partial charge in [0.05, 0.1) is 13.2 Å². The monoisotopic (exact) mass is 237 g/mol. The molecule has 2 N–H and O–H groups in total. The molecule has 1 aliphatic heterocycles. The molecule has 0 aromatic heterocycles. The molecule has 0 aliphatic carbocycles. The highest BCUT2D eigenvalue weighted by Crippen LogP contribution is 2.15. The third kappa shape index (κ3) is 4.01. The van der Waals surface area contributed by atoms with E-state index in [4.69, 9.17) is 19.4 Å². The number of morpholine rings is 1. The van der Waals surface area contributed by atoms with Crippen LogP contribution in [-0.2, 0) is 11.3 Å². The molecule has 0 unspecified atom stereocenters. The summed E-state index contributed by atoms with van der Waals surface area (Å²) in [4.78, 5) is 2.29. The zero-order valence-electron chi connectivity index (χ0n) is 9.58. The predicted molar refractivity (Wildman–Crippen MR) is 63.4 cm³/mol. The van der Waals surface area contributed by atoms with Crippen LogP contribution >= 0.6 is 0 Å². The molecule has 2 rings (SSSR count). The van der Waals surface area contributed by atoms with E-state index in [-0.39, 0.29) is 0 Å². The summed E-state index contributed by atoms with van der Waals surface area (Å²) in [6, 6.07) is 7.34. The number of hydrogen-bond donors (Lipinski definition) is 2. The zero-order valence-corrected chi connectivity index (χ0v) is 9.58. The standard InChI is InChI=1S/C11H16BNO4/c14-12(15)17-11-3-1-2-10(8-11)9-13-4-6-16-7-5-13/h1-3,8,14-15H,4-7,9H2. The Morgan fingerprint density at radius 2 is 2.06 bits per heavy atom. The Hall–Kier alpha value is -1.08. The van der Waals surface area contributed by atoms with Crippen molar-refractivity contribution < 1.29 is 19.4 Å². The lowest BCUT2D eigenvalue weighted by molar-refractivity contribution is 0.0342. The van der Waals surface area contributed by atoms with E-state index >= 15 is 0 Å². The topological polar surface area (TPSA) is 62.2 Å². The van der Waals surface area contributed by atoms with Crippen molar-refractivity contribution in [2.24, 2.45) is 0 Å². The van der Waals surface area contributed by atoms with Gasteiger partial charge in [0.2, 0.25) is 0 Å². The molecular weight excluding hydrogens is 221 g/mol. The SMILES string of the molecule is OB(O)Oc1cccc(CN2CCOCC2)c1. The van der Waals surface area contributed by atoms with Gasteiger partial charge in [-0.15, -0.1) is 0 Å². The molecule has 0 spiro atoms. The van der Waals surface area contributed by atoms with Gasteiger partial charge in [0, 0.05) is 19.6 Å². The summed E-state index contributed by atoms with van der Waals surface area (Å²) >= 11 is 0. The third-order valence-corrected chi connectivity index (χ3v) is 2.65. The number of hydrogen-bond acceptors (Lipinski definition) is 5. The third-order valence-electron chi connectivity index (χ3n) is 2.65. The fraction of sp³-hybridized carbons (Fsp3) is 0.455. The van der Waals surface area contributed by atoms with Crippen molar-refractivity contribution in [1.29, 1.82) is 0 Å². The smallest absolute Gasteiger partial charge is 0.512 e. The van der Waals surface area contributed by atoms with E-state index in [1.807, 2.05) is 18.2 Å². The maximum Gasteiger partial charge on any atom is 0.707 e. The van der Waals surface area contributed by atoms with Crippen LogP contribution in [0.25, 0.3) is 0 Å². The molecule has 1 aromatic rings. The first-order valence-electron chi connectivity index (χ1n) is 5.66. The molecule has 0 amide bonds. The van der Waals surface area contributed by atoms with E-state index < -0.39 is 7.32 Å². The van der Waals surface area contributed by atoms with Crippen LogP contribution in [-0.4, -0.2) is 48.6 Å². The molecule has 1 fully saturated rings. The first-order chi connectivity index (χ1) is 8.24. The highest BCUT2D eigenvalue weighted by atomic mass is 16.6. The molecule has 0 saturated carbocycles. The molecule has 6 heteroatoms. The van der Waals surface area contributed by atoms with Gasteiger partial charge < -0.3 is 19.4 Å². The minimum atomic E-state index is -1.77. The molecule has 92 valence electrons. The maximum atomic E-state index is 8.72. The Kier molecular flexibility index (Phi) is 4.39. The molecule has 17 heavy (non-hydrogen) atoms. The predicted octanol–water partition coefficient (Wildman–Crippen LogP) is -0.133. The lowest BCUT2D eigenvalue weighted by Gasteiger charge is -2.26. The minimum absolute atomic E-state index is 0.464. The Bertz CT molecular complexity index is 355. The second-order valence-electron chi connectivity index (χ2n) is 3.98. The van der Waals surface area contributed by atoms with Gasteiger partial charge in [-0.3, -0.25) is 4.90 Å². The fourth-order valence-corrected chi connectivity index (χ4v) is 1.86. The van der Waals surface area contributed by atoms with Crippen molar-refractivity contribution in [1.82, 2.24) is 4.90 Å². The summed E-state index contributed by atoms with van der Waals surface area (Å²) < 4.78 is 10.1. The highest BCUT2D eigenvalue weighted by Gasteiger charge is 2.13. The van der Waals surface area contributed by atoms with Gasteiger partial charge in [-0.25, -0.2) is 0 Å². The Balaban J connectivity index is 1.95.